The summed E-state index contributed by atoms with van der Waals surface area (Å²) in [6.07, 6.45) is 9.49. The molecule has 0 heterocycles. The quantitative estimate of drug-likeness (QED) is 0.531. The van der Waals surface area contributed by atoms with Gasteiger partial charge in [-0.3, -0.25) is 0 Å². The van der Waals surface area contributed by atoms with E-state index in [2.05, 4.69) is 39.9 Å². The Morgan fingerprint density at radius 2 is 1.56 bits per heavy atom. The van der Waals surface area contributed by atoms with Crippen molar-refractivity contribution in [1.82, 2.24) is 5.32 Å². The van der Waals surface area contributed by atoms with Gasteiger partial charge < -0.3 is 5.32 Å². The van der Waals surface area contributed by atoms with Gasteiger partial charge in [-0.1, -0.05) is 52.9 Å². The molecule has 1 nitrogen and oxygen atoms in total. The highest BCUT2D eigenvalue weighted by molar-refractivity contribution is 4.69. The molecule has 0 spiro atoms. The zero-order valence-corrected chi connectivity index (χ0v) is 12.2. The van der Waals surface area contributed by atoms with Gasteiger partial charge in [0.25, 0.3) is 0 Å². The Morgan fingerprint density at radius 3 is 2.12 bits per heavy atom. The molecule has 0 fully saturated rings. The van der Waals surface area contributed by atoms with E-state index < -0.39 is 0 Å². The zero-order valence-electron chi connectivity index (χ0n) is 12.2. The summed E-state index contributed by atoms with van der Waals surface area (Å²) in [6.45, 7) is 11.6. The van der Waals surface area contributed by atoms with E-state index in [0.29, 0.717) is 12.1 Å². The summed E-state index contributed by atoms with van der Waals surface area (Å²) in [5.74, 6) is 0.856. The molecule has 0 aliphatic carbocycles. The van der Waals surface area contributed by atoms with Gasteiger partial charge in [0.05, 0.1) is 0 Å². The van der Waals surface area contributed by atoms with Gasteiger partial charge in [0.2, 0.25) is 0 Å². The lowest BCUT2D eigenvalue weighted by Gasteiger charge is -2.22. The Labute approximate surface area is 103 Å². The molecule has 0 saturated carbocycles. The minimum absolute atomic E-state index is 0.677. The predicted molar refractivity (Wildman–Crippen MR) is 74.9 cm³/mol. The lowest BCUT2D eigenvalue weighted by Crippen LogP contribution is -2.35. The minimum Gasteiger partial charge on any atom is -0.312 e. The van der Waals surface area contributed by atoms with Crippen molar-refractivity contribution in [2.75, 3.05) is 0 Å². The average molecular weight is 227 g/mol. The van der Waals surface area contributed by atoms with Crippen LogP contribution in [0.1, 0.15) is 79.6 Å². The Kier molecular flexibility index (Phi) is 10.1. The third-order valence-electron chi connectivity index (χ3n) is 3.51. The van der Waals surface area contributed by atoms with Gasteiger partial charge in [0.15, 0.2) is 0 Å². The second kappa shape index (κ2) is 10.1. The van der Waals surface area contributed by atoms with E-state index in [1.807, 2.05) is 0 Å². The van der Waals surface area contributed by atoms with Crippen molar-refractivity contribution in [3.05, 3.63) is 0 Å². The molecule has 0 aromatic carbocycles. The van der Waals surface area contributed by atoms with Crippen LogP contribution in [0.3, 0.4) is 0 Å². The van der Waals surface area contributed by atoms with E-state index in [0.717, 1.165) is 5.92 Å². The molecule has 3 atom stereocenters. The van der Waals surface area contributed by atoms with Crippen LogP contribution in [0.4, 0.5) is 0 Å². The topological polar surface area (TPSA) is 12.0 Å². The molecule has 0 amide bonds. The van der Waals surface area contributed by atoms with Gasteiger partial charge in [0, 0.05) is 12.1 Å². The van der Waals surface area contributed by atoms with Crippen LogP contribution in [0, 0.1) is 5.92 Å². The zero-order chi connectivity index (χ0) is 12.4. The van der Waals surface area contributed by atoms with Gasteiger partial charge in [0.1, 0.15) is 0 Å². The van der Waals surface area contributed by atoms with Crippen LogP contribution in [0.2, 0.25) is 0 Å². The number of hydrogen-bond donors (Lipinski definition) is 1. The highest BCUT2D eigenvalue weighted by Gasteiger charge is 2.09. The van der Waals surface area contributed by atoms with Gasteiger partial charge in [-0.25, -0.2) is 0 Å². The van der Waals surface area contributed by atoms with Crippen molar-refractivity contribution < 1.29 is 0 Å². The molecule has 1 heteroatoms. The monoisotopic (exact) mass is 227 g/mol. The summed E-state index contributed by atoms with van der Waals surface area (Å²) in [5, 5.41) is 3.72. The minimum atomic E-state index is 0.677. The fraction of sp³-hybridized carbons (Fsp3) is 1.00. The van der Waals surface area contributed by atoms with Gasteiger partial charge in [-0.15, -0.1) is 0 Å². The predicted octanol–water partition coefficient (Wildman–Crippen LogP) is 4.76. The summed E-state index contributed by atoms with van der Waals surface area (Å²) >= 11 is 0. The van der Waals surface area contributed by atoms with Crippen LogP contribution in [0.5, 0.6) is 0 Å². The Bertz CT molecular complexity index is 144. The van der Waals surface area contributed by atoms with Crippen molar-refractivity contribution in [3.63, 3.8) is 0 Å². The Balaban J connectivity index is 3.49. The third-order valence-corrected chi connectivity index (χ3v) is 3.51. The van der Waals surface area contributed by atoms with E-state index in [4.69, 9.17) is 0 Å². The van der Waals surface area contributed by atoms with Crippen molar-refractivity contribution >= 4 is 0 Å². The lowest BCUT2D eigenvalue weighted by atomic mass is 9.99. The maximum Gasteiger partial charge on any atom is 0.00437 e. The highest BCUT2D eigenvalue weighted by Crippen LogP contribution is 2.11. The molecule has 1 N–H and O–H groups in total. The first-order chi connectivity index (χ1) is 7.60. The largest absolute Gasteiger partial charge is 0.312 e. The second-order valence-corrected chi connectivity index (χ2v) is 5.57. The molecule has 0 saturated heterocycles. The van der Waals surface area contributed by atoms with Crippen LogP contribution in [-0.2, 0) is 0 Å². The number of rotatable bonds is 10. The van der Waals surface area contributed by atoms with Gasteiger partial charge in [-0.05, 0) is 32.6 Å². The molecule has 0 bridgehead atoms. The van der Waals surface area contributed by atoms with Gasteiger partial charge in [-0.2, -0.15) is 0 Å². The first-order valence-electron chi connectivity index (χ1n) is 7.36. The molecule has 0 aromatic rings. The molecule has 0 aromatic heterocycles. The smallest absolute Gasteiger partial charge is 0.00437 e. The summed E-state index contributed by atoms with van der Waals surface area (Å²) in [7, 11) is 0. The van der Waals surface area contributed by atoms with E-state index in [-0.39, 0.29) is 0 Å². The van der Waals surface area contributed by atoms with E-state index in [1.54, 1.807) is 0 Å². The van der Waals surface area contributed by atoms with Crippen LogP contribution >= 0.6 is 0 Å². The molecule has 0 radical (unpaired) electrons. The fourth-order valence-electron chi connectivity index (χ4n) is 2.28. The summed E-state index contributed by atoms with van der Waals surface area (Å²) in [4.78, 5) is 0. The van der Waals surface area contributed by atoms with Crippen molar-refractivity contribution in [2.45, 2.75) is 91.6 Å². The molecule has 16 heavy (non-hydrogen) atoms. The molecular formula is C15H33N. The van der Waals surface area contributed by atoms with Crippen LogP contribution in [0.25, 0.3) is 0 Å². The van der Waals surface area contributed by atoms with E-state index in [9.17, 15) is 0 Å². The first kappa shape index (κ1) is 16.0. The van der Waals surface area contributed by atoms with Crippen LogP contribution in [0.15, 0.2) is 0 Å². The first-order valence-corrected chi connectivity index (χ1v) is 7.36. The van der Waals surface area contributed by atoms with Gasteiger partial charge >= 0.3 is 0 Å². The van der Waals surface area contributed by atoms with Crippen LogP contribution < -0.4 is 5.32 Å². The second-order valence-electron chi connectivity index (χ2n) is 5.57. The number of nitrogens with one attached hydrogen (secondary N) is 1. The molecule has 0 aliphatic rings. The summed E-state index contributed by atoms with van der Waals surface area (Å²) in [6, 6.07) is 1.37. The van der Waals surface area contributed by atoms with Crippen molar-refractivity contribution in [2.24, 2.45) is 5.92 Å². The normalized spacial score (nSPS) is 17.1. The van der Waals surface area contributed by atoms with E-state index >= 15 is 0 Å². The Morgan fingerprint density at radius 1 is 0.875 bits per heavy atom. The number of unbranched alkanes of at least 4 members (excludes halogenated alkanes) is 3. The molecule has 3 unspecified atom stereocenters. The lowest BCUT2D eigenvalue weighted by molar-refractivity contribution is 0.367. The fourth-order valence-corrected chi connectivity index (χ4v) is 2.28. The maximum absolute atomic E-state index is 3.72. The summed E-state index contributed by atoms with van der Waals surface area (Å²) < 4.78 is 0. The van der Waals surface area contributed by atoms with E-state index in [1.165, 1.54) is 44.9 Å². The molecule has 98 valence electrons. The standard InChI is InChI=1S/C15H33N/c1-6-8-9-10-11-14(4)16-15(5)12-13(3)7-2/h13-16H,6-12H2,1-5H3. The Hall–Kier alpha value is -0.0400. The average Bonchev–Trinajstić information content (AvgIpc) is 2.24. The van der Waals surface area contributed by atoms with Crippen molar-refractivity contribution in [1.29, 1.82) is 0 Å². The van der Waals surface area contributed by atoms with Crippen molar-refractivity contribution in [3.8, 4) is 0 Å². The summed E-state index contributed by atoms with van der Waals surface area (Å²) in [5.41, 5.74) is 0. The SMILES string of the molecule is CCCCCCC(C)NC(C)CC(C)CC. The maximum atomic E-state index is 3.72. The molecular weight excluding hydrogens is 194 g/mol. The van der Waals surface area contributed by atoms with Crippen LogP contribution in [-0.4, -0.2) is 12.1 Å². The molecule has 0 rings (SSSR count). The highest BCUT2D eigenvalue weighted by atomic mass is 14.9. The third kappa shape index (κ3) is 9.21. The number of hydrogen-bond acceptors (Lipinski definition) is 1. The molecule has 0 aliphatic heterocycles.